The number of nitrogens with zero attached hydrogens (tertiary/aromatic N) is 1. The van der Waals surface area contributed by atoms with E-state index >= 15 is 0 Å². The number of carbonyl (C=O) groups is 1. The van der Waals surface area contributed by atoms with Crippen LogP contribution in [0.15, 0.2) is 30.3 Å². The summed E-state index contributed by atoms with van der Waals surface area (Å²) < 4.78 is 23.1. The van der Waals surface area contributed by atoms with Crippen LogP contribution in [0, 0.1) is 0 Å². The fraction of sp³-hybridized carbons (Fsp3) is 0.417. The van der Waals surface area contributed by atoms with Gasteiger partial charge in [-0.25, -0.2) is 8.42 Å². The summed E-state index contributed by atoms with van der Waals surface area (Å²) in [6, 6.07) is 9.25. The lowest BCUT2D eigenvalue weighted by atomic mass is 10.1. The van der Waals surface area contributed by atoms with Crippen molar-refractivity contribution >= 4 is 15.1 Å². The summed E-state index contributed by atoms with van der Waals surface area (Å²) in [5, 5.41) is -0.729. The van der Waals surface area contributed by atoms with Gasteiger partial charge in [0.2, 0.25) is 9.84 Å². The lowest BCUT2D eigenvalue weighted by molar-refractivity contribution is 0.205. The van der Waals surface area contributed by atoms with Crippen LogP contribution in [0.4, 0.5) is 4.79 Å². The van der Waals surface area contributed by atoms with E-state index in [9.17, 15) is 13.2 Å². The van der Waals surface area contributed by atoms with Gasteiger partial charge in [-0.1, -0.05) is 37.3 Å². The summed E-state index contributed by atoms with van der Waals surface area (Å²) >= 11 is 0. The minimum absolute atomic E-state index is 0.0465. The lowest BCUT2D eigenvalue weighted by Crippen LogP contribution is -2.32. The van der Waals surface area contributed by atoms with Crippen LogP contribution in [-0.4, -0.2) is 30.4 Å². The van der Waals surface area contributed by atoms with E-state index < -0.39 is 15.1 Å². The third-order valence-corrected chi connectivity index (χ3v) is 4.61. The highest BCUT2D eigenvalue weighted by Crippen LogP contribution is 2.23. The minimum atomic E-state index is -3.57. The molecule has 4 nitrogen and oxygen atoms in total. The molecule has 0 N–H and O–H groups in total. The topological polar surface area (TPSA) is 54.5 Å². The van der Waals surface area contributed by atoms with Crippen molar-refractivity contribution < 1.29 is 13.2 Å². The van der Waals surface area contributed by atoms with Crippen molar-refractivity contribution in [3.63, 3.8) is 0 Å². The largest absolute Gasteiger partial charge is 0.339 e. The van der Waals surface area contributed by atoms with Crippen LogP contribution in [0.5, 0.6) is 0 Å². The normalized spacial score (nSPS) is 23.0. The van der Waals surface area contributed by atoms with Gasteiger partial charge in [0, 0.05) is 12.6 Å². The van der Waals surface area contributed by atoms with E-state index in [0.717, 1.165) is 5.56 Å². The van der Waals surface area contributed by atoms with Gasteiger partial charge in [-0.05, 0) is 12.0 Å². The van der Waals surface area contributed by atoms with E-state index in [0.29, 0.717) is 13.0 Å². The van der Waals surface area contributed by atoms with Gasteiger partial charge in [0.15, 0.2) is 0 Å². The summed E-state index contributed by atoms with van der Waals surface area (Å²) in [6.07, 6.45) is 0.664. The molecule has 1 fully saturated rings. The maximum Gasteiger partial charge on any atom is 0.339 e. The Morgan fingerprint density at radius 1 is 1.29 bits per heavy atom. The molecule has 5 heteroatoms. The Hall–Kier alpha value is -1.36. The summed E-state index contributed by atoms with van der Waals surface area (Å²) in [6.45, 7) is 2.27. The first-order chi connectivity index (χ1) is 8.04. The van der Waals surface area contributed by atoms with Crippen LogP contribution < -0.4 is 0 Å². The van der Waals surface area contributed by atoms with Crippen molar-refractivity contribution in [2.75, 3.05) is 5.75 Å². The fourth-order valence-corrected chi connectivity index (χ4v) is 3.69. The second-order valence-electron chi connectivity index (χ2n) is 4.22. The van der Waals surface area contributed by atoms with Gasteiger partial charge < -0.3 is 4.90 Å². The molecule has 1 heterocycles. The zero-order valence-electron chi connectivity index (χ0n) is 9.67. The standard InChI is InChI=1S/C12H15NO3S/c1-2-11-9-17(15,16)12(14)13(11)8-10-6-4-3-5-7-10/h3-7,11H,2,8-9H2,1H3/t11-/m1/s1. The predicted molar refractivity (Wildman–Crippen MR) is 65.2 cm³/mol. The molecule has 1 saturated heterocycles. The highest BCUT2D eigenvalue weighted by molar-refractivity contribution is 8.06. The molecule has 17 heavy (non-hydrogen) atoms. The van der Waals surface area contributed by atoms with E-state index in [-0.39, 0.29) is 11.8 Å². The number of carbonyl (C=O) groups excluding carboxylic acids is 1. The van der Waals surface area contributed by atoms with Crippen LogP contribution in [-0.2, 0) is 16.4 Å². The Kier molecular flexibility index (Phi) is 3.19. The summed E-state index contributed by atoms with van der Waals surface area (Å²) in [7, 11) is -3.57. The molecule has 0 radical (unpaired) electrons. The predicted octanol–water partition coefficient (Wildman–Crippen LogP) is 1.82. The van der Waals surface area contributed by atoms with Crippen molar-refractivity contribution in [1.82, 2.24) is 4.90 Å². The van der Waals surface area contributed by atoms with Crippen LogP contribution in [0.2, 0.25) is 0 Å². The van der Waals surface area contributed by atoms with Crippen molar-refractivity contribution in [3.8, 4) is 0 Å². The molecule has 0 spiro atoms. The number of hydrogen-bond donors (Lipinski definition) is 0. The molecule has 0 aliphatic carbocycles. The Labute approximate surface area is 101 Å². The first kappa shape index (κ1) is 12.1. The van der Waals surface area contributed by atoms with Crippen molar-refractivity contribution in [1.29, 1.82) is 0 Å². The minimum Gasteiger partial charge on any atom is -0.321 e. The number of rotatable bonds is 3. The number of sulfone groups is 1. The zero-order valence-corrected chi connectivity index (χ0v) is 10.5. The molecule has 0 unspecified atom stereocenters. The van der Waals surface area contributed by atoms with E-state index in [4.69, 9.17) is 0 Å². The van der Waals surface area contributed by atoms with E-state index in [1.54, 1.807) is 0 Å². The third-order valence-electron chi connectivity index (χ3n) is 3.02. The molecule has 1 amide bonds. The zero-order chi connectivity index (χ0) is 12.5. The van der Waals surface area contributed by atoms with Gasteiger partial charge >= 0.3 is 5.24 Å². The Balaban J connectivity index is 2.23. The van der Waals surface area contributed by atoms with Gasteiger partial charge in [0.05, 0.1) is 5.75 Å². The molecule has 0 aromatic heterocycles. The third kappa shape index (κ3) is 2.34. The van der Waals surface area contributed by atoms with Gasteiger partial charge in [-0.2, -0.15) is 0 Å². The van der Waals surface area contributed by atoms with E-state index in [2.05, 4.69) is 0 Å². The Bertz CT molecular complexity index is 510. The molecule has 1 atom stereocenters. The van der Waals surface area contributed by atoms with Crippen LogP contribution >= 0.6 is 0 Å². The van der Waals surface area contributed by atoms with Gasteiger partial charge in [-0.3, -0.25) is 4.79 Å². The molecule has 92 valence electrons. The van der Waals surface area contributed by atoms with Gasteiger partial charge in [-0.15, -0.1) is 0 Å². The smallest absolute Gasteiger partial charge is 0.321 e. The Morgan fingerprint density at radius 3 is 2.53 bits per heavy atom. The first-order valence-electron chi connectivity index (χ1n) is 5.62. The summed E-state index contributed by atoms with van der Waals surface area (Å²) in [4.78, 5) is 13.2. The molecule has 1 aromatic rings. The number of benzene rings is 1. The quantitative estimate of drug-likeness (QED) is 0.825. The van der Waals surface area contributed by atoms with Crippen molar-refractivity contribution in [3.05, 3.63) is 35.9 Å². The summed E-state index contributed by atoms with van der Waals surface area (Å²) in [5.41, 5.74) is 0.955. The van der Waals surface area contributed by atoms with Crippen molar-refractivity contribution in [2.24, 2.45) is 0 Å². The monoisotopic (exact) mass is 253 g/mol. The van der Waals surface area contributed by atoms with Crippen LogP contribution in [0.1, 0.15) is 18.9 Å². The second kappa shape index (κ2) is 4.49. The number of amides is 1. The van der Waals surface area contributed by atoms with Gasteiger partial charge in [0.25, 0.3) is 0 Å². The second-order valence-corrected chi connectivity index (χ2v) is 6.13. The van der Waals surface area contributed by atoms with Crippen molar-refractivity contribution in [2.45, 2.75) is 25.9 Å². The van der Waals surface area contributed by atoms with E-state index in [1.807, 2.05) is 37.3 Å². The maximum absolute atomic E-state index is 11.7. The number of hydrogen-bond acceptors (Lipinski definition) is 3. The van der Waals surface area contributed by atoms with Gasteiger partial charge in [0.1, 0.15) is 0 Å². The summed E-state index contributed by atoms with van der Waals surface area (Å²) in [5.74, 6) is -0.0465. The average molecular weight is 253 g/mol. The fourth-order valence-electron chi connectivity index (χ4n) is 2.05. The molecule has 0 bridgehead atoms. The highest BCUT2D eigenvalue weighted by atomic mass is 32.2. The molecular formula is C12H15NO3S. The molecule has 1 aliphatic rings. The van der Waals surface area contributed by atoms with Crippen LogP contribution in [0.25, 0.3) is 0 Å². The maximum atomic E-state index is 11.7. The lowest BCUT2D eigenvalue weighted by Gasteiger charge is -2.21. The average Bonchev–Trinajstić information content (AvgIpc) is 2.54. The molecule has 2 rings (SSSR count). The molecule has 1 aromatic carbocycles. The van der Waals surface area contributed by atoms with Crippen LogP contribution in [0.3, 0.4) is 0 Å². The molecule has 0 saturated carbocycles. The highest BCUT2D eigenvalue weighted by Gasteiger charge is 2.42. The first-order valence-corrected chi connectivity index (χ1v) is 7.27. The Morgan fingerprint density at radius 2 is 1.94 bits per heavy atom. The molecular weight excluding hydrogens is 238 g/mol. The SMILES string of the molecule is CC[C@@H]1CS(=O)(=O)C(=O)N1Cc1ccccc1. The van der Waals surface area contributed by atoms with E-state index in [1.165, 1.54) is 4.90 Å². The molecule has 1 aliphatic heterocycles.